The van der Waals surface area contributed by atoms with E-state index in [0.29, 0.717) is 25.6 Å². The molecule has 1 saturated carbocycles. The van der Waals surface area contributed by atoms with Crippen LogP contribution in [0.1, 0.15) is 40.0 Å². The molecule has 0 spiro atoms. The number of nitrogens with zero attached hydrogens (tertiary/aromatic N) is 2. The van der Waals surface area contributed by atoms with E-state index in [2.05, 4.69) is 31.0 Å². The zero-order valence-corrected chi connectivity index (χ0v) is 14.5. The quantitative estimate of drug-likeness (QED) is 0.805. The van der Waals surface area contributed by atoms with Crippen molar-refractivity contribution in [3.05, 3.63) is 0 Å². The summed E-state index contributed by atoms with van der Waals surface area (Å²) < 4.78 is 5.75. The summed E-state index contributed by atoms with van der Waals surface area (Å²) in [6, 6.07) is 0.694. The van der Waals surface area contributed by atoms with E-state index in [-0.39, 0.29) is 36.0 Å². The molecule has 0 aromatic carbocycles. The molecule has 4 atom stereocenters. The second-order valence-corrected chi connectivity index (χ2v) is 7.48. The second kappa shape index (κ2) is 6.77. The molecule has 2 amide bonds. The largest absolute Gasteiger partial charge is 0.373 e. The Morgan fingerprint density at radius 2 is 1.91 bits per heavy atom. The molecule has 1 N–H and O–H groups in total. The molecule has 0 aromatic heterocycles. The summed E-state index contributed by atoms with van der Waals surface area (Å²) >= 11 is 0. The van der Waals surface area contributed by atoms with Gasteiger partial charge in [0.2, 0.25) is 11.8 Å². The maximum absolute atomic E-state index is 12.4. The molecule has 2 heterocycles. The molecule has 23 heavy (non-hydrogen) atoms. The van der Waals surface area contributed by atoms with Gasteiger partial charge in [-0.05, 0) is 33.6 Å². The summed E-state index contributed by atoms with van der Waals surface area (Å²) in [5, 5.41) is 3.05. The third-order valence-electron chi connectivity index (χ3n) is 5.16. The molecule has 0 radical (unpaired) electrons. The van der Waals surface area contributed by atoms with Gasteiger partial charge >= 0.3 is 0 Å². The summed E-state index contributed by atoms with van der Waals surface area (Å²) in [6.07, 6.45) is 3.05. The van der Waals surface area contributed by atoms with Crippen molar-refractivity contribution in [1.29, 1.82) is 0 Å². The Morgan fingerprint density at radius 1 is 1.26 bits per heavy atom. The first-order valence-electron chi connectivity index (χ1n) is 8.90. The van der Waals surface area contributed by atoms with E-state index in [1.807, 2.05) is 4.90 Å². The van der Waals surface area contributed by atoms with Crippen LogP contribution >= 0.6 is 0 Å². The highest BCUT2D eigenvalue weighted by molar-refractivity contribution is 5.89. The van der Waals surface area contributed by atoms with E-state index in [1.54, 1.807) is 0 Å². The van der Waals surface area contributed by atoms with E-state index in [9.17, 15) is 9.59 Å². The maximum Gasteiger partial charge on any atom is 0.225 e. The average molecular weight is 323 g/mol. The fourth-order valence-electron chi connectivity index (χ4n) is 3.75. The molecule has 6 heteroatoms. The average Bonchev–Trinajstić information content (AvgIpc) is 3.26. The lowest BCUT2D eigenvalue weighted by atomic mass is 10.1. The van der Waals surface area contributed by atoms with Gasteiger partial charge in [0.15, 0.2) is 0 Å². The topological polar surface area (TPSA) is 61.9 Å². The number of ether oxygens (including phenoxy) is 1. The number of hydrogen-bond donors (Lipinski definition) is 1. The van der Waals surface area contributed by atoms with Crippen LogP contribution in [0.3, 0.4) is 0 Å². The molecule has 130 valence electrons. The van der Waals surface area contributed by atoms with E-state index in [0.717, 1.165) is 25.9 Å². The van der Waals surface area contributed by atoms with E-state index in [4.69, 9.17) is 4.74 Å². The zero-order valence-electron chi connectivity index (χ0n) is 14.5. The highest BCUT2D eigenvalue weighted by Crippen LogP contribution is 2.32. The smallest absolute Gasteiger partial charge is 0.225 e. The lowest BCUT2D eigenvalue weighted by Gasteiger charge is -2.39. The van der Waals surface area contributed by atoms with Gasteiger partial charge in [-0.3, -0.25) is 14.5 Å². The van der Waals surface area contributed by atoms with Crippen molar-refractivity contribution in [3.8, 4) is 0 Å². The molecular weight excluding hydrogens is 294 g/mol. The predicted octanol–water partition coefficient (Wildman–Crippen LogP) is 0.611. The van der Waals surface area contributed by atoms with Crippen molar-refractivity contribution < 1.29 is 14.3 Å². The molecule has 2 aliphatic heterocycles. The van der Waals surface area contributed by atoms with Crippen LogP contribution in [0.2, 0.25) is 0 Å². The Kier molecular flexibility index (Phi) is 4.92. The highest BCUT2D eigenvalue weighted by atomic mass is 16.5. The minimum absolute atomic E-state index is 0.0303. The number of nitrogens with one attached hydrogen (secondary N) is 1. The Hall–Kier alpha value is -1.14. The van der Waals surface area contributed by atoms with Gasteiger partial charge in [-0.25, -0.2) is 0 Å². The molecule has 1 aliphatic carbocycles. The number of amides is 2. The van der Waals surface area contributed by atoms with Crippen molar-refractivity contribution >= 4 is 11.8 Å². The van der Waals surface area contributed by atoms with Crippen molar-refractivity contribution in [1.82, 2.24) is 15.1 Å². The first-order valence-corrected chi connectivity index (χ1v) is 8.90. The number of morpholine rings is 1. The monoisotopic (exact) mass is 323 g/mol. The number of likely N-dealkylation sites (tertiary alicyclic amines) is 1. The van der Waals surface area contributed by atoms with Gasteiger partial charge in [-0.1, -0.05) is 0 Å². The van der Waals surface area contributed by atoms with Crippen molar-refractivity contribution in [3.63, 3.8) is 0 Å². The molecule has 3 rings (SSSR count). The number of carbonyl (C=O) groups is 2. The maximum atomic E-state index is 12.4. The first kappa shape index (κ1) is 16.7. The van der Waals surface area contributed by atoms with Gasteiger partial charge < -0.3 is 15.0 Å². The summed E-state index contributed by atoms with van der Waals surface area (Å²) in [6.45, 7) is 9.36. The van der Waals surface area contributed by atoms with Gasteiger partial charge in [0, 0.05) is 44.7 Å². The number of carbonyl (C=O) groups excluding carboxylic acids is 2. The molecule has 0 aromatic rings. The summed E-state index contributed by atoms with van der Waals surface area (Å²) in [5.74, 6) is 0.0112. The zero-order chi connectivity index (χ0) is 16.6. The van der Waals surface area contributed by atoms with Gasteiger partial charge in [-0.15, -0.1) is 0 Å². The molecule has 0 bridgehead atoms. The normalized spacial score (nSPS) is 33.8. The highest BCUT2D eigenvalue weighted by Gasteiger charge is 2.41. The van der Waals surface area contributed by atoms with Crippen LogP contribution in [0.15, 0.2) is 0 Å². The van der Waals surface area contributed by atoms with E-state index in [1.165, 1.54) is 0 Å². The van der Waals surface area contributed by atoms with Crippen molar-refractivity contribution in [2.24, 2.45) is 5.92 Å². The molecular formula is C17H29N3O3. The first-order chi connectivity index (χ1) is 10.9. The van der Waals surface area contributed by atoms with Crippen LogP contribution in [-0.4, -0.2) is 72.1 Å². The molecule has 3 aliphatic rings. The SMILES string of the molecule is CC1CN(C(C)CNC(=O)C2CC(=O)N(C3CC3)C2)CC(C)O1. The summed E-state index contributed by atoms with van der Waals surface area (Å²) in [4.78, 5) is 28.6. The third-order valence-corrected chi connectivity index (χ3v) is 5.16. The van der Waals surface area contributed by atoms with Gasteiger partial charge in [0.05, 0.1) is 18.1 Å². The van der Waals surface area contributed by atoms with Crippen LogP contribution in [0.5, 0.6) is 0 Å². The summed E-state index contributed by atoms with van der Waals surface area (Å²) in [5.41, 5.74) is 0. The van der Waals surface area contributed by atoms with Crippen LogP contribution in [0.4, 0.5) is 0 Å². The Morgan fingerprint density at radius 3 is 2.52 bits per heavy atom. The van der Waals surface area contributed by atoms with Crippen LogP contribution in [-0.2, 0) is 14.3 Å². The molecule has 6 nitrogen and oxygen atoms in total. The van der Waals surface area contributed by atoms with Gasteiger partial charge in [0.1, 0.15) is 0 Å². The van der Waals surface area contributed by atoms with Crippen LogP contribution in [0, 0.1) is 5.92 Å². The number of rotatable bonds is 5. The number of hydrogen-bond acceptors (Lipinski definition) is 4. The Bertz CT molecular complexity index is 456. The minimum atomic E-state index is -0.169. The van der Waals surface area contributed by atoms with E-state index >= 15 is 0 Å². The lowest BCUT2D eigenvalue weighted by Crippen LogP contribution is -2.52. The summed E-state index contributed by atoms with van der Waals surface area (Å²) in [7, 11) is 0. The van der Waals surface area contributed by atoms with Crippen LogP contribution < -0.4 is 5.32 Å². The van der Waals surface area contributed by atoms with Gasteiger partial charge in [0.25, 0.3) is 0 Å². The van der Waals surface area contributed by atoms with E-state index < -0.39 is 0 Å². The molecule has 4 unspecified atom stereocenters. The molecule has 2 saturated heterocycles. The van der Waals surface area contributed by atoms with Crippen LogP contribution in [0.25, 0.3) is 0 Å². The van der Waals surface area contributed by atoms with Crippen molar-refractivity contribution in [2.45, 2.75) is 64.3 Å². The minimum Gasteiger partial charge on any atom is -0.373 e. The van der Waals surface area contributed by atoms with Gasteiger partial charge in [-0.2, -0.15) is 0 Å². The lowest BCUT2D eigenvalue weighted by molar-refractivity contribution is -0.129. The fraction of sp³-hybridized carbons (Fsp3) is 0.882. The Labute approximate surface area is 138 Å². The molecule has 3 fully saturated rings. The third kappa shape index (κ3) is 4.04. The van der Waals surface area contributed by atoms with Crippen molar-refractivity contribution in [2.75, 3.05) is 26.2 Å². The fourth-order valence-corrected chi connectivity index (χ4v) is 3.75. The predicted molar refractivity (Wildman–Crippen MR) is 86.9 cm³/mol. The Balaban J connectivity index is 1.44. The standard InChI is InChI=1S/C17H29N3O3/c1-11(19-8-12(2)23-13(3)9-19)7-18-17(22)14-6-16(21)20(10-14)15-4-5-15/h11-15H,4-10H2,1-3H3,(H,18,22). The second-order valence-electron chi connectivity index (χ2n) is 7.48.